The molecular weight excluding hydrogens is 437 g/mol. The molecule has 9 heteroatoms. The quantitative estimate of drug-likeness (QED) is 0.458. The Bertz CT molecular complexity index is 1080. The van der Waals surface area contributed by atoms with Gasteiger partial charge in [-0.25, -0.2) is 17.6 Å². The molecule has 0 amide bonds. The molecular formula is C23H26FNO6S. The number of ketones is 1. The zero-order valence-electron chi connectivity index (χ0n) is 18.0. The largest absolute Gasteiger partial charge is 0.496 e. The van der Waals surface area contributed by atoms with E-state index in [0.717, 1.165) is 37.8 Å². The van der Waals surface area contributed by atoms with Crippen LogP contribution in [0.1, 0.15) is 53.3 Å². The van der Waals surface area contributed by atoms with Gasteiger partial charge in [-0.15, -0.1) is 0 Å². The van der Waals surface area contributed by atoms with Crippen LogP contribution in [-0.2, 0) is 14.8 Å². The summed E-state index contributed by atoms with van der Waals surface area (Å²) in [5.74, 6) is -1.76. The number of methoxy groups -OCH3 is 1. The molecule has 32 heavy (non-hydrogen) atoms. The molecule has 0 aromatic heterocycles. The second kappa shape index (κ2) is 10.2. The van der Waals surface area contributed by atoms with E-state index < -0.39 is 33.7 Å². The normalized spacial score (nSPS) is 16.1. The highest BCUT2D eigenvalue weighted by atomic mass is 32.2. The van der Waals surface area contributed by atoms with Crippen LogP contribution in [0.4, 0.5) is 4.39 Å². The monoisotopic (exact) mass is 463 g/mol. The predicted molar refractivity (Wildman–Crippen MR) is 116 cm³/mol. The molecule has 7 nitrogen and oxygen atoms in total. The third-order valence-electron chi connectivity index (χ3n) is 5.38. The lowest BCUT2D eigenvalue weighted by atomic mass is 10.1. The van der Waals surface area contributed by atoms with Gasteiger partial charge < -0.3 is 9.47 Å². The van der Waals surface area contributed by atoms with E-state index >= 15 is 0 Å². The maximum Gasteiger partial charge on any atom is 0.342 e. The van der Waals surface area contributed by atoms with Gasteiger partial charge in [0.15, 0.2) is 6.10 Å². The Balaban J connectivity index is 1.83. The van der Waals surface area contributed by atoms with Crippen molar-refractivity contribution in [2.24, 2.45) is 0 Å². The average Bonchev–Trinajstić information content (AvgIpc) is 3.09. The van der Waals surface area contributed by atoms with Crippen molar-refractivity contribution in [1.82, 2.24) is 4.31 Å². The van der Waals surface area contributed by atoms with Gasteiger partial charge in [0.25, 0.3) is 0 Å². The SMILES string of the molecule is COc1ccc(S(=O)(=O)N2CCCCCC2)cc1C(=O)OC(C)C(=O)c1ccc(F)cc1. The molecule has 1 heterocycles. The fourth-order valence-electron chi connectivity index (χ4n) is 3.56. The van der Waals surface area contributed by atoms with E-state index in [2.05, 4.69) is 0 Å². The minimum Gasteiger partial charge on any atom is -0.496 e. The highest BCUT2D eigenvalue weighted by Gasteiger charge is 2.28. The zero-order valence-corrected chi connectivity index (χ0v) is 18.9. The molecule has 0 radical (unpaired) electrons. The van der Waals surface area contributed by atoms with Crippen LogP contribution in [0.3, 0.4) is 0 Å². The van der Waals surface area contributed by atoms with Gasteiger partial charge in [-0.3, -0.25) is 4.79 Å². The van der Waals surface area contributed by atoms with Crippen molar-refractivity contribution in [3.63, 3.8) is 0 Å². The molecule has 172 valence electrons. The number of hydrogen-bond acceptors (Lipinski definition) is 6. The summed E-state index contributed by atoms with van der Waals surface area (Å²) in [5, 5.41) is 0. The number of nitrogens with zero attached hydrogens (tertiary/aromatic N) is 1. The van der Waals surface area contributed by atoms with E-state index in [9.17, 15) is 22.4 Å². The van der Waals surface area contributed by atoms with E-state index in [-0.39, 0.29) is 21.8 Å². The van der Waals surface area contributed by atoms with Crippen molar-refractivity contribution < 1.29 is 31.9 Å². The molecule has 1 aliphatic heterocycles. The number of carbonyl (C=O) groups is 2. The van der Waals surface area contributed by atoms with Crippen LogP contribution in [-0.4, -0.2) is 50.8 Å². The molecule has 1 aliphatic rings. The molecule has 2 aromatic carbocycles. The number of esters is 1. The molecule has 1 unspecified atom stereocenters. The van der Waals surface area contributed by atoms with Crippen molar-refractivity contribution in [3.05, 3.63) is 59.4 Å². The van der Waals surface area contributed by atoms with Gasteiger partial charge >= 0.3 is 5.97 Å². The zero-order chi connectivity index (χ0) is 23.3. The Morgan fingerprint density at radius 2 is 1.62 bits per heavy atom. The standard InChI is InChI=1S/C23H26FNO6S/c1-16(22(26)17-7-9-18(24)10-8-17)31-23(27)20-15-19(11-12-21(20)30-2)32(28,29)25-13-5-3-4-6-14-25/h7-12,15-16H,3-6,13-14H2,1-2H3. The number of benzene rings is 2. The van der Waals surface area contributed by atoms with E-state index in [1.807, 2.05) is 0 Å². The van der Waals surface area contributed by atoms with Gasteiger partial charge in [-0.05, 0) is 62.2 Å². The van der Waals surface area contributed by atoms with Gasteiger partial charge in [0.1, 0.15) is 17.1 Å². The van der Waals surface area contributed by atoms with Crippen molar-refractivity contribution in [1.29, 1.82) is 0 Å². The summed E-state index contributed by atoms with van der Waals surface area (Å²) in [6.45, 7) is 2.25. The summed E-state index contributed by atoms with van der Waals surface area (Å²) in [6, 6.07) is 8.89. The first kappa shape index (κ1) is 23.9. The highest BCUT2D eigenvalue weighted by molar-refractivity contribution is 7.89. The average molecular weight is 464 g/mol. The number of hydrogen-bond donors (Lipinski definition) is 0. The van der Waals surface area contributed by atoms with Gasteiger partial charge in [0.2, 0.25) is 15.8 Å². The molecule has 0 bridgehead atoms. The highest BCUT2D eigenvalue weighted by Crippen LogP contribution is 2.27. The van der Waals surface area contributed by atoms with Crippen LogP contribution in [0.15, 0.2) is 47.4 Å². The lowest BCUT2D eigenvalue weighted by Crippen LogP contribution is -2.32. The fourth-order valence-corrected chi connectivity index (χ4v) is 5.11. The topological polar surface area (TPSA) is 90.0 Å². The number of Topliss-reactive ketones (excluding diaryl/α,β-unsaturated/α-hetero) is 1. The molecule has 0 N–H and O–H groups in total. The smallest absolute Gasteiger partial charge is 0.342 e. The summed E-state index contributed by atoms with van der Waals surface area (Å²) < 4.78 is 51.2. The van der Waals surface area contributed by atoms with Crippen LogP contribution < -0.4 is 4.74 Å². The lowest BCUT2D eigenvalue weighted by molar-refractivity contribution is 0.0315. The van der Waals surface area contributed by atoms with Crippen LogP contribution in [0.5, 0.6) is 5.75 Å². The Hall–Kier alpha value is -2.78. The molecule has 1 saturated heterocycles. The molecule has 0 spiro atoms. The number of ether oxygens (including phenoxy) is 2. The van der Waals surface area contributed by atoms with Crippen molar-refractivity contribution in [2.75, 3.05) is 20.2 Å². The number of sulfonamides is 1. The van der Waals surface area contributed by atoms with Gasteiger partial charge in [-0.2, -0.15) is 4.31 Å². The Morgan fingerprint density at radius 1 is 1.00 bits per heavy atom. The first-order valence-electron chi connectivity index (χ1n) is 10.4. The molecule has 1 fully saturated rings. The third kappa shape index (κ3) is 5.34. The molecule has 3 rings (SSSR count). The number of carbonyl (C=O) groups excluding carboxylic acids is 2. The first-order chi connectivity index (χ1) is 15.2. The Kier molecular flexibility index (Phi) is 7.63. The lowest BCUT2D eigenvalue weighted by Gasteiger charge is -2.21. The minimum absolute atomic E-state index is 0.0373. The van der Waals surface area contributed by atoms with Crippen LogP contribution >= 0.6 is 0 Å². The summed E-state index contributed by atoms with van der Waals surface area (Å²) in [6.07, 6.45) is 2.36. The summed E-state index contributed by atoms with van der Waals surface area (Å²) in [5.41, 5.74) is 0.0957. The maximum atomic E-state index is 13.1. The van der Waals surface area contributed by atoms with E-state index in [1.165, 1.54) is 48.7 Å². The van der Waals surface area contributed by atoms with Crippen LogP contribution in [0.25, 0.3) is 0 Å². The number of halogens is 1. The van der Waals surface area contributed by atoms with Crippen molar-refractivity contribution >= 4 is 21.8 Å². The van der Waals surface area contributed by atoms with E-state index in [0.29, 0.717) is 13.1 Å². The van der Waals surface area contributed by atoms with Crippen LogP contribution in [0.2, 0.25) is 0 Å². The van der Waals surface area contributed by atoms with Crippen molar-refractivity contribution in [3.8, 4) is 5.75 Å². The molecule has 1 atom stereocenters. The summed E-state index contributed by atoms with van der Waals surface area (Å²) in [7, 11) is -2.44. The second-order valence-electron chi connectivity index (χ2n) is 7.60. The van der Waals surface area contributed by atoms with Crippen LogP contribution in [0, 0.1) is 5.82 Å². The second-order valence-corrected chi connectivity index (χ2v) is 9.54. The predicted octanol–water partition coefficient (Wildman–Crippen LogP) is 3.83. The van der Waals surface area contributed by atoms with E-state index in [1.54, 1.807) is 0 Å². The third-order valence-corrected chi connectivity index (χ3v) is 7.27. The van der Waals surface area contributed by atoms with Gasteiger partial charge in [0.05, 0.1) is 12.0 Å². The summed E-state index contributed by atoms with van der Waals surface area (Å²) in [4.78, 5) is 25.3. The van der Waals surface area contributed by atoms with Crippen molar-refractivity contribution in [2.45, 2.75) is 43.6 Å². The maximum absolute atomic E-state index is 13.1. The minimum atomic E-state index is -3.79. The first-order valence-corrected chi connectivity index (χ1v) is 11.9. The number of rotatable bonds is 7. The molecule has 2 aromatic rings. The Labute approximate surface area is 187 Å². The molecule has 0 aliphatic carbocycles. The van der Waals surface area contributed by atoms with Gasteiger partial charge in [0, 0.05) is 18.7 Å². The van der Waals surface area contributed by atoms with Gasteiger partial charge in [-0.1, -0.05) is 12.8 Å². The summed E-state index contributed by atoms with van der Waals surface area (Å²) >= 11 is 0. The molecule has 0 saturated carbocycles. The van der Waals surface area contributed by atoms with E-state index in [4.69, 9.17) is 9.47 Å². The Morgan fingerprint density at radius 3 is 2.22 bits per heavy atom. The fraction of sp³-hybridized carbons (Fsp3) is 0.391.